The van der Waals surface area contributed by atoms with Gasteiger partial charge in [0.25, 0.3) is 0 Å². The standard InChI is InChI=1S/C25H33FN2O3/c1-19(2)31-22-10-8-21(9-11-22)27(3)15-12-25(30)13-16-28(17-14-25)24(29)18-20-6-4-5-7-23(20)26/h4-11,19,30H,12-18H2,1-3H3. The Kier molecular flexibility index (Phi) is 7.55. The molecule has 1 saturated heterocycles. The van der Waals surface area contributed by atoms with Crippen molar-refractivity contribution < 1.29 is 19.0 Å². The van der Waals surface area contributed by atoms with Crippen molar-refractivity contribution >= 4 is 11.6 Å². The second-order valence-corrected chi connectivity index (χ2v) is 8.71. The fourth-order valence-corrected chi connectivity index (χ4v) is 3.90. The number of anilines is 1. The summed E-state index contributed by atoms with van der Waals surface area (Å²) >= 11 is 0. The summed E-state index contributed by atoms with van der Waals surface area (Å²) in [5.41, 5.74) is 0.695. The van der Waals surface area contributed by atoms with E-state index in [9.17, 15) is 14.3 Å². The highest BCUT2D eigenvalue weighted by atomic mass is 19.1. The Morgan fingerprint density at radius 1 is 1.16 bits per heavy atom. The van der Waals surface area contributed by atoms with Crippen molar-refractivity contribution in [3.63, 3.8) is 0 Å². The van der Waals surface area contributed by atoms with Crippen molar-refractivity contribution in [2.24, 2.45) is 0 Å². The first-order valence-electron chi connectivity index (χ1n) is 11.0. The lowest BCUT2D eigenvalue weighted by atomic mass is 9.87. The minimum Gasteiger partial charge on any atom is -0.491 e. The van der Waals surface area contributed by atoms with Crippen LogP contribution in [0, 0.1) is 5.82 Å². The maximum Gasteiger partial charge on any atom is 0.227 e. The number of carbonyl (C=O) groups is 1. The first-order chi connectivity index (χ1) is 14.8. The third-order valence-electron chi connectivity index (χ3n) is 5.91. The Morgan fingerprint density at radius 2 is 1.81 bits per heavy atom. The zero-order valence-electron chi connectivity index (χ0n) is 18.7. The predicted molar refractivity (Wildman–Crippen MR) is 121 cm³/mol. The van der Waals surface area contributed by atoms with Crippen LogP contribution in [0.2, 0.25) is 0 Å². The van der Waals surface area contributed by atoms with E-state index in [1.807, 2.05) is 45.2 Å². The van der Waals surface area contributed by atoms with Crippen LogP contribution in [0.15, 0.2) is 48.5 Å². The van der Waals surface area contributed by atoms with E-state index in [4.69, 9.17) is 4.74 Å². The molecule has 1 fully saturated rings. The van der Waals surface area contributed by atoms with E-state index in [0.717, 1.165) is 11.4 Å². The summed E-state index contributed by atoms with van der Waals surface area (Å²) in [6.07, 6.45) is 1.89. The molecule has 2 aromatic carbocycles. The van der Waals surface area contributed by atoms with Gasteiger partial charge in [0.1, 0.15) is 11.6 Å². The van der Waals surface area contributed by atoms with Gasteiger partial charge in [0.15, 0.2) is 0 Å². The van der Waals surface area contributed by atoms with Crippen molar-refractivity contribution in [2.75, 3.05) is 31.6 Å². The molecule has 31 heavy (non-hydrogen) atoms. The number of amides is 1. The van der Waals surface area contributed by atoms with Gasteiger partial charge >= 0.3 is 0 Å². The van der Waals surface area contributed by atoms with Gasteiger partial charge in [0, 0.05) is 32.4 Å². The number of ether oxygens (including phenoxy) is 1. The van der Waals surface area contributed by atoms with Gasteiger partial charge in [-0.3, -0.25) is 4.79 Å². The van der Waals surface area contributed by atoms with Crippen LogP contribution >= 0.6 is 0 Å². The quantitative estimate of drug-likeness (QED) is 0.690. The first kappa shape index (κ1) is 23.1. The van der Waals surface area contributed by atoms with Crippen molar-refractivity contribution in [2.45, 2.75) is 51.2 Å². The summed E-state index contributed by atoms with van der Waals surface area (Å²) in [7, 11) is 2.01. The minimum atomic E-state index is -0.788. The number of aliphatic hydroxyl groups is 1. The van der Waals surface area contributed by atoms with Gasteiger partial charge in [-0.05, 0) is 69.0 Å². The van der Waals surface area contributed by atoms with Crippen LogP contribution in [-0.2, 0) is 11.2 Å². The number of piperidine rings is 1. The zero-order chi connectivity index (χ0) is 22.4. The van der Waals surface area contributed by atoms with Gasteiger partial charge in [0.05, 0.1) is 18.1 Å². The van der Waals surface area contributed by atoms with Crippen LogP contribution in [0.3, 0.4) is 0 Å². The molecule has 0 bridgehead atoms. The van der Waals surface area contributed by atoms with Gasteiger partial charge < -0.3 is 19.6 Å². The van der Waals surface area contributed by atoms with Gasteiger partial charge in [-0.1, -0.05) is 18.2 Å². The maximum atomic E-state index is 13.8. The average Bonchev–Trinajstić information content (AvgIpc) is 2.74. The number of benzene rings is 2. The van der Waals surface area contributed by atoms with Crippen LogP contribution in [0.5, 0.6) is 5.75 Å². The van der Waals surface area contributed by atoms with E-state index >= 15 is 0 Å². The molecule has 1 aliphatic rings. The van der Waals surface area contributed by atoms with Gasteiger partial charge in [-0.25, -0.2) is 4.39 Å². The molecule has 1 N–H and O–H groups in total. The Balaban J connectivity index is 1.47. The SMILES string of the molecule is CC(C)Oc1ccc(N(C)CCC2(O)CCN(C(=O)Cc3ccccc3F)CC2)cc1. The Labute approximate surface area is 184 Å². The topological polar surface area (TPSA) is 53.0 Å². The minimum absolute atomic E-state index is 0.0599. The second kappa shape index (κ2) is 10.1. The smallest absolute Gasteiger partial charge is 0.227 e. The number of likely N-dealkylation sites (tertiary alicyclic amines) is 1. The number of carbonyl (C=O) groups excluding carboxylic acids is 1. The number of hydrogen-bond acceptors (Lipinski definition) is 4. The van der Waals surface area contributed by atoms with Crippen molar-refractivity contribution in [3.8, 4) is 5.75 Å². The van der Waals surface area contributed by atoms with E-state index in [1.54, 1.807) is 23.1 Å². The predicted octanol–water partition coefficient (Wildman–Crippen LogP) is 4.04. The summed E-state index contributed by atoms with van der Waals surface area (Å²) in [5.74, 6) is 0.405. The molecule has 0 unspecified atom stereocenters. The van der Waals surface area contributed by atoms with E-state index in [1.165, 1.54) is 6.07 Å². The van der Waals surface area contributed by atoms with Gasteiger partial charge in [0.2, 0.25) is 5.91 Å². The third kappa shape index (κ3) is 6.44. The number of hydrogen-bond donors (Lipinski definition) is 1. The molecule has 3 rings (SSSR count). The summed E-state index contributed by atoms with van der Waals surface area (Å²) in [6, 6.07) is 14.3. The fourth-order valence-electron chi connectivity index (χ4n) is 3.90. The molecule has 0 radical (unpaired) electrons. The molecule has 0 saturated carbocycles. The van der Waals surface area contributed by atoms with Crippen molar-refractivity contribution in [1.82, 2.24) is 4.90 Å². The lowest BCUT2D eigenvalue weighted by molar-refractivity contribution is -0.134. The molecule has 2 aromatic rings. The van der Waals surface area contributed by atoms with Gasteiger partial charge in [-0.15, -0.1) is 0 Å². The van der Waals surface area contributed by atoms with Crippen LogP contribution < -0.4 is 9.64 Å². The van der Waals surface area contributed by atoms with Crippen molar-refractivity contribution in [3.05, 3.63) is 59.9 Å². The van der Waals surface area contributed by atoms with Gasteiger partial charge in [-0.2, -0.15) is 0 Å². The fraction of sp³-hybridized carbons (Fsp3) is 0.480. The van der Waals surface area contributed by atoms with Crippen molar-refractivity contribution in [1.29, 1.82) is 0 Å². The second-order valence-electron chi connectivity index (χ2n) is 8.71. The molecule has 0 atom stereocenters. The monoisotopic (exact) mass is 428 g/mol. The average molecular weight is 429 g/mol. The normalized spacial score (nSPS) is 15.7. The zero-order valence-corrected chi connectivity index (χ0v) is 18.7. The lowest BCUT2D eigenvalue weighted by Gasteiger charge is -2.39. The first-order valence-corrected chi connectivity index (χ1v) is 11.0. The molecule has 6 heteroatoms. The Hall–Kier alpha value is -2.60. The van der Waals surface area contributed by atoms with E-state index in [-0.39, 0.29) is 24.2 Å². The molecular weight excluding hydrogens is 395 g/mol. The van der Waals surface area contributed by atoms with E-state index < -0.39 is 5.60 Å². The Bertz CT molecular complexity index is 861. The molecule has 1 amide bonds. The molecule has 1 heterocycles. The molecule has 168 valence electrons. The van der Waals surface area contributed by atoms with Crippen LogP contribution in [-0.4, -0.2) is 54.3 Å². The summed E-state index contributed by atoms with van der Waals surface area (Å²) in [6.45, 7) is 5.70. The molecule has 5 nitrogen and oxygen atoms in total. The van der Waals surface area contributed by atoms with Crippen LogP contribution in [0.25, 0.3) is 0 Å². The van der Waals surface area contributed by atoms with Crippen LogP contribution in [0.1, 0.15) is 38.7 Å². The lowest BCUT2D eigenvalue weighted by Crippen LogP contribution is -2.48. The maximum absolute atomic E-state index is 13.8. The van der Waals surface area contributed by atoms with E-state index in [0.29, 0.717) is 44.5 Å². The number of rotatable bonds is 8. The third-order valence-corrected chi connectivity index (χ3v) is 5.91. The highest BCUT2D eigenvalue weighted by Gasteiger charge is 2.34. The Morgan fingerprint density at radius 3 is 2.42 bits per heavy atom. The van der Waals surface area contributed by atoms with E-state index in [2.05, 4.69) is 4.90 Å². The largest absolute Gasteiger partial charge is 0.491 e. The highest BCUT2D eigenvalue weighted by molar-refractivity contribution is 5.79. The summed E-state index contributed by atoms with van der Waals surface area (Å²) < 4.78 is 19.5. The molecular formula is C25H33FN2O3. The van der Waals surface area contributed by atoms with Crippen LogP contribution in [0.4, 0.5) is 10.1 Å². The highest BCUT2D eigenvalue weighted by Crippen LogP contribution is 2.28. The molecule has 1 aliphatic heterocycles. The number of halogens is 1. The molecule has 0 aromatic heterocycles. The summed E-state index contributed by atoms with van der Waals surface area (Å²) in [4.78, 5) is 16.4. The summed E-state index contributed by atoms with van der Waals surface area (Å²) in [5, 5.41) is 11.0. The molecule has 0 spiro atoms. The number of nitrogens with zero attached hydrogens (tertiary/aromatic N) is 2. The molecule has 0 aliphatic carbocycles.